The summed E-state index contributed by atoms with van der Waals surface area (Å²) in [5, 5.41) is 16.7. The Morgan fingerprint density at radius 1 is 1.13 bits per heavy atom. The summed E-state index contributed by atoms with van der Waals surface area (Å²) < 4.78 is 34.2. The van der Waals surface area contributed by atoms with Gasteiger partial charge in [0.15, 0.2) is 5.96 Å². The third-order valence-corrected chi connectivity index (χ3v) is 4.38. The first-order valence-electron chi connectivity index (χ1n) is 9.81. The molecule has 0 amide bonds. The second-order valence-electron chi connectivity index (χ2n) is 6.68. The number of aliphatic hydroxyl groups excluding tert-OH is 1. The van der Waals surface area contributed by atoms with Gasteiger partial charge in [0.1, 0.15) is 11.5 Å². The molecular formula is C22H30F2IN3O3. The monoisotopic (exact) mass is 549 g/mol. The van der Waals surface area contributed by atoms with Crippen LogP contribution >= 0.6 is 24.0 Å². The van der Waals surface area contributed by atoms with E-state index in [-0.39, 0.29) is 36.3 Å². The molecule has 0 heterocycles. The minimum Gasteiger partial charge on any atom is -0.496 e. The molecule has 31 heavy (non-hydrogen) atoms. The van der Waals surface area contributed by atoms with Gasteiger partial charge in [-0.25, -0.2) is 0 Å². The summed E-state index contributed by atoms with van der Waals surface area (Å²) in [5.41, 5.74) is 2.84. The molecule has 2 rings (SSSR count). The highest BCUT2D eigenvalue weighted by Crippen LogP contribution is 2.20. The molecule has 172 valence electrons. The van der Waals surface area contributed by atoms with Crippen molar-refractivity contribution in [2.24, 2.45) is 4.99 Å². The number of aryl methyl sites for hydroxylation is 1. The van der Waals surface area contributed by atoms with Crippen molar-refractivity contribution in [3.8, 4) is 11.5 Å². The first kappa shape index (κ1) is 26.9. The van der Waals surface area contributed by atoms with Crippen molar-refractivity contribution >= 4 is 29.9 Å². The van der Waals surface area contributed by atoms with Gasteiger partial charge < -0.3 is 25.2 Å². The topological polar surface area (TPSA) is 75.1 Å². The van der Waals surface area contributed by atoms with E-state index in [1.165, 1.54) is 17.7 Å². The lowest BCUT2D eigenvalue weighted by Gasteiger charge is -2.15. The molecule has 3 N–H and O–H groups in total. The summed E-state index contributed by atoms with van der Waals surface area (Å²) in [6, 6.07) is 11.9. The Hall–Kier alpha value is -2.14. The summed E-state index contributed by atoms with van der Waals surface area (Å²) in [6.45, 7) is 2.56. The summed E-state index contributed by atoms with van der Waals surface area (Å²) in [5.74, 6) is 1.48. The van der Waals surface area contributed by atoms with Gasteiger partial charge in [0.05, 0.1) is 19.8 Å². The number of benzene rings is 2. The zero-order chi connectivity index (χ0) is 21.9. The maximum Gasteiger partial charge on any atom is 0.387 e. The highest BCUT2D eigenvalue weighted by atomic mass is 127. The fourth-order valence-corrected chi connectivity index (χ4v) is 2.91. The van der Waals surface area contributed by atoms with Crippen LogP contribution in [0.25, 0.3) is 0 Å². The zero-order valence-corrected chi connectivity index (χ0v) is 20.2. The van der Waals surface area contributed by atoms with E-state index in [1.54, 1.807) is 19.2 Å². The number of hydrogen-bond donors (Lipinski definition) is 3. The lowest BCUT2D eigenvalue weighted by molar-refractivity contribution is -0.0498. The van der Waals surface area contributed by atoms with Gasteiger partial charge in [-0.2, -0.15) is 8.78 Å². The van der Waals surface area contributed by atoms with Crippen LogP contribution in [0, 0.1) is 6.92 Å². The molecule has 0 spiro atoms. The zero-order valence-electron chi connectivity index (χ0n) is 17.9. The largest absolute Gasteiger partial charge is 0.496 e. The van der Waals surface area contributed by atoms with Crippen LogP contribution < -0.4 is 20.1 Å². The lowest BCUT2D eigenvalue weighted by Crippen LogP contribution is -2.38. The van der Waals surface area contributed by atoms with Crippen molar-refractivity contribution in [1.29, 1.82) is 0 Å². The maximum atomic E-state index is 12.2. The molecule has 0 aromatic heterocycles. The predicted molar refractivity (Wildman–Crippen MR) is 129 cm³/mol. The third-order valence-electron chi connectivity index (χ3n) is 4.38. The van der Waals surface area contributed by atoms with Crippen LogP contribution in [0.4, 0.5) is 8.78 Å². The molecule has 9 heteroatoms. The number of alkyl halides is 2. The van der Waals surface area contributed by atoms with E-state index in [9.17, 15) is 13.9 Å². The molecule has 0 saturated carbocycles. The van der Waals surface area contributed by atoms with E-state index in [0.29, 0.717) is 24.6 Å². The number of ether oxygens (including phenoxy) is 2. The molecule has 0 bridgehead atoms. The van der Waals surface area contributed by atoms with Gasteiger partial charge in [-0.1, -0.05) is 29.8 Å². The van der Waals surface area contributed by atoms with Gasteiger partial charge in [-0.3, -0.25) is 4.99 Å². The number of hydrogen-bond acceptors (Lipinski definition) is 4. The van der Waals surface area contributed by atoms with E-state index in [4.69, 9.17) is 4.74 Å². The van der Waals surface area contributed by atoms with E-state index in [1.807, 2.05) is 26.0 Å². The highest BCUT2D eigenvalue weighted by molar-refractivity contribution is 14.0. The van der Waals surface area contributed by atoms with Crippen molar-refractivity contribution in [2.45, 2.75) is 33.0 Å². The second-order valence-corrected chi connectivity index (χ2v) is 6.68. The maximum absolute atomic E-state index is 12.2. The first-order chi connectivity index (χ1) is 14.4. The van der Waals surface area contributed by atoms with Crippen molar-refractivity contribution in [1.82, 2.24) is 10.6 Å². The first-order valence-corrected chi connectivity index (χ1v) is 9.81. The van der Waals surface area contributed by atoms with Gasteiger partial charge in [0.25, 0.3) is 0 Å². The number of halogens is 3. The summed E-state index contributed by atoms with van der Waals surface area (Å²) in [6.07, 6.45) is -0.110. The Labute approximate surface area is 199 Å². The summed E-state index contributed by atoms with van der Waals surface area (Å²) in [7, 11) is 1.65. The van der Waals surface area contributed by atoms with Gasteiger partial charge in [0.2, 0.25) is 0 Å². The predicted octanol–water partition coefficient (Wildman–Crippen LogP) is 4.05. The van der Waals surface area contributed by atoms with E-state index in [2.05, 4.69) is 26.4 Å². The number of aliphatic imine (C=N–C) groups is 1. The molecule has 2 aromatic carbocycles. The number of nitrogens with zero attached hydrogens (tertiary/aromatic N) is 1. The smallest absolute Gasteiger partial charge is 0.387 e. The molecule has 0 saturated heterocycles. The number of aliphatic hydroxyl groups is 1. The fraction of sp³-hybridized carbons (Fsp3) is 0.409. The third kappa shape index (κ3) is 9.26. The van der Waals surface area contributed by atoms with Crippen molar-refractivity contribution in [3.63, 3.8) is 0 Å². The van der Waals surface area contributed by atoms with Gasteiger partial charge in [0, 0.05) is 13.1 Å². The summed E-state index contributed by atoms with van der Waals surface area (Å²) in [4.78, 5) is 4.41. The standard InChI is InChI=1S/C22H29F2N3O3.HI/c1-4-25-22(26-12-11-17-13-15(2)5-10-20(17)29-3)27-14-19(28)16-6-8-18(9-7-16)30-21(23)24;/h5-10,13,19,21,28H,4,11-12,14H2,1-3H3,(H2,25,26,27);1H. The minimum atomic E-state index is -2.88. The average molecular weight is 549 g/mol. The van der Waals surface area contributed by atoms with Gasteiger partial charge >= 0.3 is 6.61 Å². The Morgan fingerprint density at radius 3 is 2.45 bits per heavy atom. The van der Waals surface area contributed by atoms with Crippen LogP contribution in [0.5, 0.6) is 11.5 Å². The van der Waals surface area contributed by atoms with Crippen LogP contribution in [0.15, 0.2) is 47.5 Å². The molecule has 0 aliphatic heterocycles. The van der Waals surface area contributed by atoms with Crippen LogP contribution in [-0.4, -0.2) is 44.4 Å². The molecule has 1 atom stereocenters. The number of nitrogens with one attached hydrogen (secondary N) is 2. The highest BCUT2D eigenvalue weighted by Gasteiger charge is 2.10. The van der Waals surface area contributed by atoms with Gasteiger partial charge in [-0.05, 0) is 49.6 Å². The van der Waals surface area contributed by atoms with Crippen LogP contribution in [-0.2, 0) is 6.42 Å². The molecule has 0 aliphatic carbocycles. The molecule has 0 fully saturated rings. The summed E-state index contributed by atoms with van der Waals surface area (Å²) >= 11 is 0. The number of guanidine groups is 1. The van der Waals surface area contributed by atoms with Gasteiger partial charge in [-0.15, -0.1) is 24.0 Å². The van der Waals surface area contributed by atoms with E-state index >= 15 is 0 Å². The second kappa shape index (κ2) is 14.0. The number of rotatable bonds is 10. The van der Waals surface area contributed by atoms with Crippen molar-refractivity contribution in [2.75, 3.05) is 26.7 Å². The SMILES string of the molecule is CCNC(=NCC(O)c1ccc(OC(F)F)cc1)NCCc1cc(C)ccc1OC.I. The Bertz CT molecular complexity index is 820. The minimum absolute atomic E-state index is 0. The Balaban J connectivity index is 0.00000480. The van der Waals surface area contributed by atoms with Crippen LogP contribution in [0.1, 0.15) is 29.7 Å². The number of methoxy groups -OCH3 is 1. The van der Waals surface area contributed by atoms with Crippen molar-refractivity contribution < 1.29 is 23.4 Å². The molecule has 1 unspecified atom stereocenters. The van der Waals surface area contributed by atoms with E-state index in [0.717, 1.165) is 17.7 Å². The lowest BCUT2D eigenvalue weighted by atomic mass is 10.1. The fourth-order valence-electron chi connectivity index (χ4n) is 2.91. The Kier molecular flexibility index (Phi) is 12.2. The normalized spacial score (nSPS) is 12.2. The molecule has 6 nitrogen and oxygen atoms in total. The average Bonchev–Trinajstić information content (AvgIpc) is 2.72. The molecule has 2 aromatic rings. The van der Waals surface area contributed by atoms with Crippen molar-refractivity contribution in [3.05, 3.63) is 59.2 Å². The van der Waals surface area contributed by atoms with Crippen LogP contribution in [0.3, 0.4) is 0 Å². The molecule has 0 aliphatic rings. The Morgan fingerprint density at radius 2 is 1.84 bits per heavy atom. The quantitative estimate of drug-likeness (QED) is 0.237. The van der Waals surface area contributed by atoms with Crippen LogP contribution in [0.2, 0.25) is 0 Å². The van der Waals surface area contributed by atoms with E-state index < -0.39 is 12.7 Å². The molecule has 0 radical (unpaired) electrons. The molecular weight excluding hydrogens is 519 g/mol.